The lowest BCUT2D eigenvalue weighted by atomic mass is 10.2. The number of aryl methyl sites for hydroxylation is 1. The minimum Gasteiger partial charge on any atom is -0.493 e. The number of rotatable bonds is 7. The van der Waals surface area contributed by atoms with Crippen LogP contribution in [0.15, 0.2) is 57.6 Å². The first-order chi connectivity index (χ1) is 12.6. The maximum absolute atomic E-state index is 12.5. The van der Waals surface area contributed by atoms with Gasteiger partial charge in [-0.05, 0) is 44.2 Å². The number of carbonyl (C=O) groups excluding carboxylic acids is 1. The standard InChI is InChI=1S/C20H21NO5/c1-13-8-9-16(26-13)14(2)21-20(22)19-15(10-11-24-19)12-25-18-7-5-4-6-17(18)23-3/h4-11,14H,12H2,1-3H3,(H,21,22). The van der Waals surface area contributed by atoms with Crippen LogP contribution in [0.2, 0.25) is 0 Å². The quantitative estimate of drug-likeness (QED) is 0.685. The van der Waals surface area contributed by atoms with Crippen LogP contribution in [-0.2, 0) is 6.61 Å². The molecule has 1 aromatic carbocycles. The molecule has 0 aliphatic heterocycles. The molecule has 26 heavy (non-hydrogen) atoms. The molecule has 2 heterocycles. The van der Waals surface area contributed by atoms with Crippen molar-refractivity contribution in [3.05, 3.63) is 71.6 Å². The Morgan fingerprint density at radius 2 is 1.92 bits per heavy atom. The highest BCUT2D eigenvalue weighted by Crippen LogP contribution is 2.27. The monoisotopic (exact) mass is 355 g/mol. The second kappa shape index (κ2) is 7.82. The number of hydrogen-bond donors (Lipinski definition) is 1. The van der Waals surface area contributed by atoms with E-state index in [0.717, 1.165) is 5.76 Å². The molecule has 0 aliphatic rings. The van der Waals surface area contributed by atoms with E-state index in [1.165, 1.54) is 6.26 Å². The van der Waals surface area contributed by atoms with Crippen LogP contribution in [0.25, 0.3) is 0 Å². The number of carbonyl (C=O) groups is 1. The number of amides is 1. The third-order valence-electron chi connectivity index (χ3n) is 3.94. The van der Waals surface area contributed by atoms with Crippen LogP contribution in [0.5, 0.6) is 11.5 Å². The molecule has 1 amide bonds. The first-order valence-corrected chi connectivity index (χ1v) is 8.28. The molecule has 6 nitrogen and oxygen atoms in total. The summed E-state index contributed by atoms with van der Waals surface area (Å²) in [7, 11) is 1.58. The van der Waals surface area contributed by atoms with Gasteiger partial charge in [0.05, 0.1) is 19.4 Å². The molecule has 1 N–H and O–H groups in total. The normalized spacial score (nSPS) is 11.8. The Labute approximate surface area is 151 Å². The Hall–Kier alpha value is -3.15. The van der Waals surface area contributed by atoms with Gasteiger partial charge in [-0.25, -0.2) is 0 Å². The van der Waals surface area contributed by atoms with Crippen molar-refractivity contribution in [2.45, 2.75) is 26.5 Å². The van der Waals surface area contributed by atoms with Gasteiger partial charge in [-0.1, -0.05) is 12.1 Å². The Morgan fingerprint density at radius 1 is 1.15 bits per heavy atom. The molecule has 0 radical (unpaired) electrons. The van der Waals surface area contributed by atoms with Gasteiger partial charge in [-0.15, -0.1) is 0 Å². The van der Waals surface area contributed by atoms with Gasteiger partial charge in [0.2, 0.25) is 0 Å². The van der Waals surface area contributed by atoms with Crippen LogP contribution in [-0.4, -0.2) is 13.0 Å². The predicted molar refractivity (Wildman–Crippen MR) is 95.4 cm³/mol. The van der Waals surface area contributed by atoms with E-state index in [0.29, 0.717) is 22.8 Å². The molecular weight excluding hydrogens is 334 g/mol. The average molecular weight is 355 g/mol. The maximum atomic E-state index is 12.5. The summed E-state index contributed by atoms with van der Waals surface area (Å²) in [5.41, 5.74) is 0.649. The Balaban J connectivity index is 1.67. The summed E-state index contributed by atoms with van der Waals surface area (Å²) in [6.07, 6.45) is 1.47. The van der Waals surface area contributed by atoms with Crippen LogP contribution in [0.4, 0.5) is 0 Å². The lowest BCUT2D eigenvalue weighted by molar-refractivity contribution is 0.0903. The topological polar surface area (TPSA) is 73.8 Å². The van der Waals surface area contributed by atoms with Gasteiger partial charge in [0.25, 0.3) is 5.91 Å². The fraction of sp³-hybridized carbons (Fsp3) is 0.250. The molecule has 0 aliphatic carbocycles. The SMILES string of the molecule is COc1ccccc1OCc1ccoc1C(=O)NC(C)c1ccc(C)o1. The van der Waals surface area contributed by atoms with E-state index in [4.69, 9.17) is 18.3 Å². The average Bonchev–Trinajstić information content (AvgIpc) is 3.29. The number of hydrogen-bond acceptors (Lipinski definition) is 5. The van der Waals surface area contributed by atoms with Crippen LogP contribution in [0.1, 0.15) is 40.6 Å². The fourth-order valence-corrected chi connectivity index (χ4v) is 2.56. The van der Waals surface area contributed by atoms with E-state index in [2.05, 4.69) is 5.32 Å². The first-order valence-electron chi connectivity index (χ1n) is 8.28. The van der Waals surface area contributed by atoms with Crippen molar-refractivity contribution in [1.29, 1.82) is 0 Å². The molecule has 0 saturated heterocycles. The van der Waals surface area contributed by atoms with E-state index in [1.807, 2.05) is 44.2 Å². The highest BCUT2D eigenvalue weighted by Gasteiger charge is 2.20. The van der Waals surface area contributed by atoms with Crippen LogP contribution in [0.3, 0.4) is 0 Å². The number of furan rings is 2. The number of nitrogens with one attached hydrogen (secondary N) is 1. The zero-order chi connectivity index (χ0) is 18.5. The summed E-state index contributed by atoms with van der Waals surface area (Å²) in [5, 5.41) is 2.87. The van der Waals surface area contributed by atoms with E-state index in [-0.39, 0.29) is 24.3 Å². The van der Waals surface area contributed by atoms with Crippen molar-refractivity contribution in [3.8, 4) is 11.5 Å². The molecule has 3 rings (SSSR count). The summed E-state index contributed by atoms with van der Waals surface area (Å²) in [5.74, 6) is 2.61. The van der Waals surface area contributed by atoms with E-state index >= 15 is 0 Å². The van der Waals surface area contributed by atoms with Crippen molar-refractivity contribution in [1.82, 2.24) is 5.32 Å². The predicted octanol–water partition coefficient (Wildman–Crippen LogP) is 4.26. The van der Waals surface area contributed by atoms with Crippen molar-refractivity contribution < 1.29 is 23.1 Å². The number of para-hydroxylation sites is 2. The van der Waals surface area contributed by atoms with Crippen molar-refractivity contribution >= 4 is 5.91 Å². The number of ether oxygens (including phenoxy) is 2. The molecule has 0 bridgehead atoms. The van der Waals surface area contributed by atoms with Gasteiger partial charge < -0.3 is 23.6 Å². The molecule has 1 unspecified atom stereocenters. The molecule has 0 fully saturated rings. The fourth-order valence-electron chi connectivity index (χ4n) is 2.56. The van der Waals surface area contributed by atoms with Gasteiger partial charge in [-0.2, -0.15) is 0 Å². The van der Waals surface area contributed by atoms with Gasteiger partial charge in [0, 0.05) is 5.56 Å². The Morgan fingerprint density at radius 3 is 2.62 bits per heavy atom. The van der Waals surface area contributed by atoms with Crippen molar-refractivity contribution in [2.75, 3.05) is 7.11 Å². The summed E-state index contributed by atoms with van der Waals surface area (Å²) in [4.78, 5) is 12.5. The highest BCUT2D eigenvalue weighted by molar-refractivity contribution is 5.93. The number of methoxy groups -OCH3 is 1. The lowest BCUT2D eigenvalue weighted by Gasteiger charge is -2.12. The third kappa shape index (κ3) is 3.91. The molecular formula is C20H21NO5. The van der Waals surface area contributed by atoms with E-state index in [1.54, 1.807) is 19.2 Å². The largest absolute Gasteiger partial charge is 0.493 e. The van der Waals surface area contributed by atoms with Crippen LogP contribution in [0, 0.1) is 6.92 Å². The summed E-state index contributed by atoms with van der Waals surface area (Å²) < 4.78 is 21.9. The summed E-state index contributed by atoms with van der Waals surface area (Å²) >= 11 is 0. The number of benzene rings is 1. The highest BCUT2D eigenvalue weighted by atomic mass is 16.5. The minimum absolute atomic E-state index is 0.188. The summed E-state index contributed by atoms with van der Waals surface area (Å²) in [6, 6.07) is 12.5. The molecule has 2 aromatic heterocycles. The molecule has 3 aromatic rings. The second-order valence-corrected chi connectivity index (χ2v) is 5.86. The molecule has 0 spiro atoms. The zero-order valence-corrected chi connectivity index (χ0v) is 14.9. The maximum Gasteiger partial charge on any atom is 0.287 e. The molecule has 6 heteroatoms. The van der Waals surface area contributed by atoms with Crippen molar-refractivity contribution in [2.24, 2.45) is 0 Å². The molecule has 0 saturated carbocycles. The van der Waals surface area contributed by atoms with Gasteiger partial charge in [0.15, 0.2) is 17.3 Å². The van der Waals surface area contributed by atoms with Gasteiger partial charge in [0.1, 0.15) is 18.1 Å². The Bertz CT molecular complexity index is 880. The second-order valence-electron chi connectivity index (χ2n) is 5.86. The lowest BCUT2D eigenvalue weighted by Crippen LogP contribution is -2.27. The van der Waals surface area contributed by atoms with Gasteiger partial charge in [-0.3, -0.25) is 4.79 Å². The molecule has 1 atom stereocenters. The van der Waals surface area contributed by atoms with Crippen LogP contribution >= 0.6 is 0 Å². The van der Waals surface area contributed by atoms with E-state index < -0.39 is 0 Å². The summed E-state index contributed by atoms with van der Waals surface area (Å²) in [6.45, 7) is 3.90. The first kappa shape index (κ1) is 17.7. The van der Waals surface area contributed by atoms with Gasteiger partial charge >= 0.3 is 0 Å². The van der Waals surface area contributed by atoms with Crippen LogP contribution < -0.4 is 14.8 Å². The third-order valence-corrected chi connectivity index (χ3v) is 3.94. The smallest absolute Gasteiger partial charge is 0.287 e. The zero-order valence-electron chi connectivity index (χ0n) is 14.9. The van der Waals surface area contributed by atoms with Crippen molar-refractivity contribution in [3.63, 3.8) is 0 Å². The Kier molecular flexibility index (Phi) is 5.31. The van der Waals surface area contributed by atoms with E-state index in [9.17, 15) is 4.79 Å². The minimum atomic E-state index is -0.324. The molecule has 136 valence electrons.